The molecule has 4 aromatic rings. The van der Waals surface area contributed by atoms with Crippen LogP contribution in [0.3, 0.4) is 0 Å². The quantitative estimate of drug-likeness (QED) is 0.123. The SMILES string of the molecule is [2H]C[C@H]1O[C@@H](n2cnc3c(NC(=O)OCC4c5ccccc5-c5ccccc54)ncnc32)CC1OP(OCCC#N)N(C(C)C)C(C)C. The van der Waals surface area contributed by atoms with Crippen LogP contribution in [-0.4, -0.2) is 67.8 Å². The minimum absolute atomic E-state index is 0.0118. The zero-order valence-corrected chi connectivity index (χ0v) is 27.8. The predicted octanol–water partition coefficient (Wildman–Crippen LogP) is 7.16. The number of rotatable bonds is 12. The number of nitriles is 1. The lowest BCUT2D eigenvalue weighted by molar-refractivity contribution is -0.00494. The molecule has 0 radical (unpaired) electrons. The Morgan fingerprint density at radius 2 is 1.83 bits per heavy atom. The summed E-state index contributed by atoms with van der Waals surface area (Å²) in [6.45, 7) is 8.72. The first-order chi connectivity index (χ1) is 23.3. The van der Waals surface area contributed by atoms with Crippen LogP contribution in [0, 0.1) is 11.3 Å². The van der Waals surface area contributed by atoms with E-state index in [9.17, 15) is 4.79 Å². The molecule has 1 fully saturated rings. The molecule has 2 aromatic heterocycles. The highest BCUT2D eigenvalue weighted by Gasteiger charge is 2.39. The van der Waals surface area contributed by atoms with Gasteiger partial charge in [-0.05, 0) is 56.8 Å². The topological polar surface area (TPSA) is 137 Å². The summed E-state index contributed by atoms with van der Waals surface area (Å²) >= 11 is 0. The molecule has 13 heteroatoms. The molecule has 6 rings (SSSR count). The fourth-order valence-corrected chi connectivity index (χ4v) is 8.04. The predicted molar refractivity (Wildman–Crippen MR) is 178 cm³/mol. The largest absolute Gasteiger partial charge is 0.448 e. The number of nitrogens with one attached hydrogen (secondary N) is 1. The molecule has 2 unspecified atom stereocenters. The lowest BCUT2D eigenvalue weighted by Crippen LogP contribution is -2.35. The number of amides is 1. The standard InChI is InChI=1S/C34H40N7O5P/c1-21(2)41(22(3)4)47(44-16-10-15-35)46-29-17-30(45-23(29)5)40-20-38-31-32(36-19-37-33(31)40)39-34(42)43-18-28-26-13-8-6-11-24(26)25-12-7-9-14-27(25)28/h6-9,11-14,19-23,28-30H,10,16-18H2,1-5H3,(H,36,37,39,42)/t23-,29?,30-,47?/m1/s1/i5D. The zero-order chi connectivity index (χ0) is 33.8. The van der Waals surface area contributed by atoms with Gasteiger partial charge >= 0.3 is 6.09 Å². The smallest absolute Gasteiger partial charge is 0.412 e. The van der Waals surface area contributed by atoms with E-state index in [-0.39, 0.29) is 50.4 Å². The second-order valence-corrected chi connectivity index (χ2v) is 13.5. The van der Waals surface area contributed by atoms with Crippen LogP contribution in [0.4, 0.5) is 10.6 Å². The number of carbonyl (C=O) groups excluding carboxylic acids is 1. The number of benzene rings is 2. The highest BCUT2D eigenvalue weighted by atomic mass is 31.2. The van der Waals surface area contributed by atoms with Gasteiger partial charge in [0.15, 0.2) is 17.0 Å². The van der Waals surface area contributed by atoms with Crippen molar-refractivity contribution >= 4 is 31.6 Å². The second kappa shape index (κ2) is 14.4. The molecular weight excluding hydrogens is 617 g/mol. The van der Waals surface area contributed by atoms with Crippen molar-refractivity contribution in [3.8, 4) is 17.2 Å². The molecule has 3 heterocycles. The third kappa shape index (κ3) is 6.86. The molecule has 1 saturated heterocycles. The summed E-state index contributed by atoms with van der Waals surface area (Å²) in [6, 6.07) is 18.7. The maximum Gasteiger partial charge on any atom is 0.412 e. The molecular formula is C34H40N7O5P. The van der Waals surface area contributed by atoms with E-state index in [4.69, 9.17) is 25.2 Å². The molecule has 1 amide bonds. The van der Waals surface area contributed by atoms with Gasteiger partial charge in [0.25, 0.3) is 8.53 Å². The molecule has 1 aliphatic heterocycles. The van der Waals surface area contributed by atoms with Crippen LogP contribution >= 0.6 is 8.53 Å². The maximum atomic E-state index is 13.1. The Kier molecular flexibility index (Phi) is 9.70. The van der Waals surface area contributed by atoms with E-state index in [1.54, 1.807) is 10.9 Å². The van der Waals surface area contributed by atoms with Gasteiger partial charge in [0.05, 0.1) is 37.6 Å². The van der Waals surface area contributed by atoms with E-state index in [2.05, 4.69) is 83.0 Å². The van der Waals surface area contributed by atoms with Crippen molar-refractivity contribution in [3.63, 3.8) is 0 Å². The van der Waals surface area contributed by atoms with Crippen LogP contribution in [0.25, 0.3) is 22.3 Å². The number of carbonyl (C=O) groups is 1. The Bertz CT molecular complexity index is 1730. The van der Waals surface area contributed by atoms with E-state index in [1.165, 1.54) is 6.33 Å². The lowest BCUT2D eigenvalue weighted by Gasteiger charge is -2.37. The normalized spacial score (nSPS) is 20.0. The third-order valence-corrected chi connectivity index (χ3v) is 10.5. The number of hydrogen-bond donors (Lipinski definition) is 1. The average molecular weight is 659 g/mol. The summed E-state index contributed by atoms with van der Waals surface area (Å²) in [6.07, 6.45) is 1.53. The molecule has 0 spiro atoms. The van der Waals surface area contributed by atoms with Gasteiger partial charge < -0.3 is 18.5 Å². The minimum Gasteiger partial charge on any atom is -0.448 e. The highest BCUT2D eigenvalue weighted by molar-refractivity contribution is 7.44. The van der Waals surface area contributed by atoms with Crippen LogP contribution in [0.2, 0.25) is 0 Å². The molecule has 2 aromatic carbocycles. The van der Waals surface area contributed by atoms with Crippen LogP contribution in [0.5, 0.6) is 0 Å². The summed E-state index contributed by atoms with van der Waals surface area (Å²) in [4.78, 5) is 26.3. The van der Waals surface area contributed by atoms with Gasteiger partial charge in [0, 0.05) is 25.8 Å². The Labute approximate surface area is 277 Å². The Morgan fingerprint density at radius 3 is 2.49 bits per heavy atom. The van der Waals surface area contributed by atoms with Crippen molar-refractivity contribution < 1.29 is 24.7 Å². The van der Waals surface area contributed by atoms with E-state index in [0.29, 0.717) is 17.6 Å². The fraction of sp³-hybridized carbons (Fsp3) is 0.441. The maximum absolute atomic E-state index is 13.1. The number of hydrogen-bond acceptors (Lipinski definition) is 10. The molecule has 47 heavy (non-hydrogen) atoms. The van der Waals surface area contributed by atoms with Crippen molar-refractivity contribution in [2.24, 2.45) is 0 Å². The molecule has 1 aliphatic carbocycles. The van der Waals surface area contributed by atoms with Crippen LogP contribution in [0.1, 0.15) is 72.1 Å². The number of aromatic nitrogens is 4. The number of anilines is 1. The number of fused-ring (bicyclic) bond motifs is 4. The van der Waals surface area contributed by atoms with Gasteiger partial charge in [-0.3, -0.25) is 9.88 Å². The van der Waals surface area contributed by atoms with Crippen molar-refractivity contribution in [1.29, 1.82) is 5.26 Å². The monoisotopic (exact) mass is 658 g/mol. The molecule has 0 bridgehead atoms. The van der Waals surface area contributed by atoms with Gasteiger partial charge in [-0.25, -0.2) is 24.4 Å². The minimum atomic E-state index is -1.51. The first kappa shape index (κ1) is 31.6. The van der Waals surface area contributed by atoms with Gasteiger partial charge in [-0.2, -0.15) is 5.26 Å². The molecule has 2 aliphatic rings. The fourth-order valence-electron chi connectivity index (χ4n) is 6.28. The Hall–Kier alpha value is -3.98. The molecule has 12 nitrogen and oxygen atoms in total. The number of imidazole rings is 1. The van der Waals surface area contributed by atoms with Crippen molar-refractivity contribution in [3.05, 3.63) is 72.3 Å². The van der Waals surface area contributed by atoms with Crippen LogP contribution in [0.15, 0.2) is 61.2 Å². The van der Waals surface area contributed by atoms with E-state index in [1.807, 2.05) is 24.3 Å². The summed E-state index contributed by atoms with van der Waals surface area (Å²) in [5.74, 6) is 0.149. The Balaban J connectivity index is 1.15. The van der Waals surface area contributed by atoms with Gasteiger partial charge in [0.2, 0.25) is 0 Å². The summed E-state index contributed by atoms with van der Waals surface area (Å²) in [7, 11) is -1.51. The van der Waals surface area contributed by atoms with Gasteiger partial charge in [-0.15, -0.1) is 0 Å². The Morgan fingerprint density at radius 1 is 1.13 bits per heavy atom. The molecule has 0 saturated carbocycles. The third-order valence-electron chi connectivity index (χ3n) is 8.30. The van der Waals surface area contributed by atoms with Crippen LogP contribution in [-0.2, 0) is 18.5 Å². The van der Waals surface area contributed by atoms with Crippen molar-refractivity contribution in [1.82, 2.24) is 24.2 Å². The number of nitrogens with zero attached hydrogens (tertiary/aromatic N) is 6. The first-order valence-corrected chi connectivity index (χ1v) is 16.9. The first-order valence-electron chi connectivity index (χ1n) is 16.5. The molecule has 246 valence electrons. The molecule has 1 N–H and O–H groups in total. The summed E-state index contributed by atoms with van der Waals surface area (Å²) in [5, 5.41) is 11.8. The summed E-state index contributed by atoms with van der Waals surface area (Å²) < 4.78 is 36.8. The van der Waals surface area contributed by atoms with Gasteiger partial charge in [-0.1, -0.05) is 48.5 Å². The summed E-state index contributed by atoms with van der Waals surface area (Å²) in [5.41, 5.74) is 5.41. The lowest BCUT2D eigenvalue weighted by atomic mass is 9.98. The molecule has 4 atom stereocenters. The van der Waals surface area contributed by atoms with E-state index in [0.717, 1.165) is 22.3 Å². The number of ether oxygens (including phenoxy) is 2. The van der Waals surface area contributed by atoms with Crippen molar-refractivity contribution in [2.45, 2.75) is 83.9 Å². The van der Waals surface area contributed by atoms with Crippen LogP contribution < -0.4 is 5.32 Å². The van der Waals surface area contributed by atoms with E-state index < -0.39 is 33.1 Å². The zero-order valence-electron chi connectivity index (χ0n) is 27.9. The second-order valence-electron chi connectivity index (χ2n) is 12.1. The highest BCUT2D eigenvalue weighted by Crippen LogP contribution is 2.50. The van der Waals surface area contributed by atoms with E-state index >= 15 is 0 Å². The average Bonchev–Trinajstić information content (AvgIpc) is 3.77. The van der Waals surface area contributed by atoms with Gasteiger partial charge in [0.1, 0.15) is 19.2 Å². The van der Waals surface area contributed by atoms with Crippen molar-refractivity contribution in [2.75, 3.05) is 18.5 Å².